The van der Waals surface area contributed by atoms with Crippen LogP contribution in [0.5, 0.6) is 0 Å². The van der Waals surface area contributed by atoms with Crippen LogP contribution in [0.2, 0.25) is 0 Å². The number of aromatic nitrogens is 2. The zero-order valence-electron chi connectivity index (χ0n) is 12.5. The minimum atomic E-state index is 0.169. The summed E-state index contributed by atoms with van der Waals surface area (Å²) in [5, 5.41) is 3.46. The molecule has 1 unspecified atom stereocenters. The largest absolute Gasteiger partial charge is 0.383 e. The van der Waals surface area contributed by atoms with Crippen molar-refractivity contribution >= 4 is 11.6 Å². The molecule has 0 amide bonds. The fourth-order valence-electron chi connectivity index (χ4n) is 2.45. The van der Waals surface area contributed by atoms with E-state index < -0.39 is 0 Å². The van der Waals surface area contributed by atoms with Gasteiger partial charge in [-0.05, 0) is 30.9 Å². The highest BCUT2D eigenvalue weighted by Gasteiger charge is 2.16. The first kappa shape index (κ1) is 14.3. The number of rotatable bonds is 4. The van der Waals surface area contributed by atoms with Gasteiger partial charge in [0.1, 0.15) is 18.0 Å². The average Bonchev–Trinajstić information content (AvgIpc) is 2.38. The summed E-state index contributed by atoms with van der Waals surface area (Å²) in [5.41, 5.74) is 9.48. The Hall–Kier alpha value is -2.10. The van der Waals surface area contributed by atoms with Gasteiger partial charge in [0, 0.05) is 5.56 Å². The van der Waals surface area contributed by atoms with Gasteiger partial charge in [-0.1, -0.05) is 38.1 Å². The number of aryl methyl sites for hydroxylation is 1. The molecular weight excluding hydrogens is 248 g/mol. The molecule has 0 fully saturated rings. The van der Waals surface area contributed by atoms with Gasteiger partial charge in [0.25, 0.3) is 0 Å². The molecule has 0 aliphatic heterocycles. The molecule has 0 spiro atoms. The van der Waals surface area contributed by atoms with Crippen LogP contribution in [-0.4, -0.2) is 9.97 Å². The minimum absolute atomic E-state index is 0.169. The molecule has 2 aromatic rings. The Morgan fingerprint density at radius 3 is 2.45 bits per heavy atom. The van der Waals surface area contributed by atoms with Gasteiger partial charge in [-0.3, -0.25) is 0 Å². The SMILES string of the molecule is Cc1ccccc1C(C)Nc1ncnc(N)c1C(C)C. The van der Waals surface area contributed by atoms with Crippen LogP contribution in [0.15, 0.2) is 30.6 Å². The second-order valence-corrected chi connectivity index (χ2v) is 5.40. The molecule has 0 saturated carbocycles. The van der Waals surface area contributed by atoms with E-state index in [2.05, 4.69) is 61.2 Å². The summed E-state index contributed by atoms with van der Waals surface area (Å²) in [6, 6.07) is 8.52. The van der Waals surface area contributed by atoms with Gasteiger partial charge in [-0.2, -0.15) is 0 Å². The number of nitrogen functional groups attached to an aromatic ring is 1. The van der Waals surface area contributed by atoms with Crippen LogP contribution in [0.25, 0.3) is 0 Å². The fraction of sp³-hybridized carbons (Fsp3) is 0.375. The summed E-state index contributed by atoms with van der Waals surface area (Å²) in [4.78, 5) is 8.44. The van der Waals surface area contributed by atoms with Crippen LogP contribution < -0.4 is 11.1 Å². The van der Waals surface area contributed by atoms with Crippen molar-refractivity contribution < 1.29 is 0 Å². The van der Waals surface area contributed by atoms with E-state index in [1.54, 1.807) is 0 Å². The maximum atomic E-state index is 5.98. The molecule has 4 nitrogen and oxygen atoms in total. The Kier molecular flexibility index (Phi) is 4.23. The molecule has 1 heterocycles. The molecule has 0 aliphatic rings. The number of hydrogen-bond acceptors (Lipinski definition) is 4. The van der Waals surface area contributed by atoms with Gasteiger partial charge >= 0.3 is 0 Å². The number of nitrogens with one attached hydrogen (secondary N) is 1. The standard InChI is InChI=1S/C16H22N4/c1-10(2)14-15(17)18-9-19-16(14)20-12(4)13-8-6-5-7-11(13)3/h5-10,12H,1-4H3,(H3,17,18,19,20). The average molecular weight is 270 g/mol. The number of nitrogens with zero attached hydrogens (tertiary/aromatic N) is 2. The van der Waals surface area contributed by atoms with Crippen molar-refractivity contribution in [1.29, 1.82) is 0 Å². The summed E-state index contributed by atoms with van der Waals surface area (Å²) >= 11 is 0. The molecule has 2 rings (SSSR count). The van der Waals surface area contributed by atoms with Crippen molar-refractivity contribution in [1.82, 2.24) is 9.97 Å². The molecule has 3 N–H and O–H groups in total. The molecule has 106 valence electrons. The first-order chi connectivity index (χ1) is 9.50. The van der Waals surface area contributed by atoms with Gasteiger partial charge in [0.2, 0.25) is 0 Å². The smallest absolute Gasteiger partial charge is 0.135 e. The van der Waals surface area contributed by atoms with Crippen LogP contribution in [0, 0.1) is 6.92 Å². The maximum Gasteiger partial charge on any atom is 0.135 e. The van der Waals surface area contributed by atoms with Gasteiger partial charge in [-0.15, -0.1) is 0 Å². The fourth-order valence-corrected chi connectivity index (χ4v) is 2.45. The first-order valence-corrected chi connectivity index (χ1v) is 6.93. The summed E-state index contributed by atoms with van der Waals surface area (Å²) in [7, 11) is 0. The van der Waals surface area contributed by atoms with Gasteiger partial charge in [0.05, 0.1) is 6.04 Å². The van der Waals surface area contributed by atoms with Crippen LogP contribution in [0.1, 0.15) is 49.4 Å². The molecule has 0 bridgehead atoms. The third-order valence-corrected chi connectivity index (χ3v) is 3.50. The van der Waals surface area contributed by atoms with Crippen LogP contribution in [-0.2, 0) is 0 Å². The van der Waals surface area contributed by atoms with Crippen LogP contribution in [0.4, 0.5) is 11.6 Å². The van der Waals surface area contributed by atoms with Crippen molar-refractivity contribution in [2.45, 2.75) is 39.7 Å². The second-order valence-electron chi connectivity index (χ2n) is 5.40. The zero-order chi connectivity index (χ0) is 14.7. The predicted octanol–water partition coefficient (Wildman–Crippen LogP) is 3.66. The molecule has 0 radical (unpaired) electrons. The van der Waals surface area contributed by atoms with Crippen molar-refractivity contribution in [3.8, 4) is 0 Å². The quantitative estimate of drug-likeness (QED) is 0.889. The van der Waals surface area contributed by atoms with Crippen LogP contribution in [0.3, 0.4) is 0 Å². The topological polar surface area (TPSA) is 63.8 Å². The van der Waals surface area contributed by atoms with E-state index in [0.29, 0.717) is 5.82 Å². The lowest BCUT2D eigenvalue weighted by molar-refractivity contribution is 0.819. The molecule has 0 saturated heterocycles. The number of anilines is 2. The highest BCUT2D eigenvalue weighted by molar-refractivity contribution is 5.57. The third-order valence-electron chi connectivity index (χ3n) is 3.50. The molecule has 20 heavy (non-hydrogen) atoms. The maximum absolute atomic E-state index is 5.98. The zero-order valence-corrected chi connectivity index (χ0v) is 12.5. The Morgan fingerprint density at radius 2 is 1.80 bits per heavy atom. The van der Waals surface area contributed by atoms with E-state index >= 15 is 0 Å². The van der Waals surface area contributed by atoms with Crippen molar-refractivity contribution in [3.05, 3.63) is 47.3 Å². The van der Waals surface area contributed by atoms with Gasteiger partial charge < -0.3 is 11.1 Å². The predicted molar refractivity (Wildman–Crippen MR) is 83.8 cm³/mol. The van der Waals surface area contributed by atoms with Gasteiger partial charge in [0.15, 0.2) is 0 Å². The van der Waals surface area contributed by atoms with E-state index in [1.165, 1.54) is 17.5 Å². The van der Waals surface area contributed by atoms with Gasteiger partial charge in [-0.25, -0.2) is 9.97 Å². The van der Waals surface area contributed by atoms with Crippen molar-refractivity contribution in [2.24, 2.45) is 0 Å². The lowest BCUT2D eigenvalue weighted by Gasteiger charge is -2.20. The number of hydrogen-bond donors (Lipinski definition) is 2. The molecule has 4 heteroatoms. The van der Waals surface area contributed by atoms with Crippen molar-refractivity contribution in [3.63, 3.8) is 0 Å². The Balaban J connectivity index is 2.31. The lowest BCUT2D eigenvalue weighted by atomic mass is 10.0. The summed E-state index contributed by atoms with van der Waals surface area (Å²) in [6.07, 6.45) is 1.51. The van der Waals surface area contributed by atoms with E-state index in [9.17, 15) is 0 Å². The lowest BCUT2D eigenvalue weighted by Crippen LogP contribution is -2.13. The Morgan fingerprint density at radius 1 is 1.10 bits per heavy atom. The molecular formula is C16H22N4. The number of benzene rings is 1. The Bertz CT molecular complexity index is 593. The van der Waals surface area contributed by atoms with E-state index in [4.69, 9.17) is 5.73 Å². The second kappa shape index (κ2) is 5.90. The summed E-state index contributed by atoms with van der Waals surface area (Å²) < 4.78 is 0. The minimum Gasteiger partial charge on any atom is -0.383 e. The molecule has 0 aliphatic carbocycles. The highest BCUT2D eigenvalue weighted by Crippen LogP contribution is 2.29. The molecule has 1 aromatic carbocycles. The summed E-state index contributed by atoms with van der Waals surface area (Å²) in [6.45, 7) is 8.44. The van der Waals surface area contributed by atoms with E-state index in [-0.39, 0.29) is 12.0 Å². The van der Waals surface area contributed by atoms with E-state index in [1.807, 2.05) is 6.07 Å². The van der Waals surface area contributed by atoms with E-state index in [0.717, 1.165) is 11.4 Å². The van der Waals surface area contributed by atoms with Crippen molar-refractivity contribution in [2.75, 3.05) is 11.1 Å². The monoisotopic (exact) mass is 270 g/mol. The normalized spacial score (nSPS) is 12.4. The third kappa shape index (κ3) is 2.90. The Labute approximate surface area is 120 Å². The molecule has 1 atom stereocenters. The molecule has 1 aromatic heterocycles. The highest BCUT2D eigenvalue weighted by atomic mass is 15.1. The van der Waals surface area contributed by atoms with Crippen LogP contribution >= 0.6 is 0 Å². The number of nitrogens with two attached hydrogens (primary N) is 1. The summed E-state index contributed by atoms with van der Waals surface area (Å²) in [5.74, 6) is 1.65. The first-order valence-electron chi connectivity index (χ1n) is 6.93.